The molecule has 0 saturated carbocycles. The SMILES string of the molecule is CN1Cc2nncn2C1. The van der Waals surface area contributed by atoms with E-state index in [2.05, 4.69) is 22.1 Å². The molecule has 0 unspecified atom stereocenters. The van der Waals surface area contributed by atoms with Gasteiger partial charge in [0.2, 0.25) is 0 Å². The van der Waals surface area contributed by atoms with Crippen molar-refractivity contribution >= 4 is 0 Å². The van der Waals surface area contributed by atoms with Crippen molar-refractivity contribution in [3.8, 4) is 0 Å². The Balaban J connectivity index is 2.39. The van der Waals surface area contributed by atoms with Crippen molar-refractivity contribution in [3.63, 3.8) is 0 Å². The Kier molecular flexibility index (Phi) is 0.843. The van der Waals surface area contributed by atoms with E-state index >= 15 is 0 Å². The second-order valence-electron chi connectivity index (χ2n) is 2.37. The van der Waals surface area contributed by atoms with Crippen LogP contribution in [0.2, 0.25) is 0 Å². The largest absolute Gasteiger partial charge is 0.303 e. The molecule has 2 heterocycles. The monoisotopic (exact) mass is 124 g/mol. The Hall–Kier alpha value is -0.900. The molecule has 1 aliphatic rings. The highest BCUT2D eigenvalue weighted by Crippen LogP contribution is 2.08. The molecular weight excluding hydrogens is 116 g/mol. The van der Waals surface area contributed by atoms with E-state index in [4.69, 9.17) is 0 Å². The van der Waals surface area contributed by atoms with Crippen LogP contribution < -0.4 is 0 Å². The normalized spacial score (nSPS) is 18.3. The lowest BCUT2D eigenvalue weighted by Crippen LogP contribution is -2.10. The summed E-state index contributed by atoms with van der Waals surface area (Å²) in [6.45, 7) is 1.86. The highest BCUT2D eigenvalue weighted by atomic mass is 15.4. The second-order valence-corrected chi connectivity index (χ2v) is 2.37. The van der Waals surface area contributed by atoms with E-state index in [9.17, 15) is 0 Å². The molecule has 0 fully saturated rings. The highest BCUT2D eigenvalue weighted by Gasteiger charge is 2.14. The molecule has 0 amide bonds. The maximum atomic E-state index is 3.92. The van der Waals surface area contributed by atoms with Gasteiger partial charge in [-0.25, -0.2) is 0 Å². The Morgan fingerprint density at radius 1 is 1.67 bits per heavy atom. The van der Waals surface area contributed by atoms with Gasteiger partial charge < -0.3 is 4.57 Å². The minimum absolute atomic E-state index is 0.931. The molecule has 1 aromatic heterocycles. The molecule has 0 aromatic carbocycles. The highest BCUT2D eigenvalue weighted by molar-refractivity contribution is 4.89. The topological polar surface area (TPSA) is 34.0 Å². The van der Waals surface area contributed by atoms with Gasteiger partial charge in [0.05, 0.1) is 13.2 Å². The zero-order valence-electron chi connectivity index (χ0n) is 5.28. The van der Waals surface area contributed by atoms with Crippen molar-refractivity contribution in [2.75, 3.05) is 7.05 Å². The van der Waals surface area contributed by atoms with E-state index in [-0.39, 0.29) is 0 Å². The zero-order valence-corrected chi connectivity index (χ0v) is 5.28. The first-order valence-corrected chi connectivity index (χ1v) is 2.91. The van der Waals surface area contributed by atoms with Gasteiger partial charge in [-0.15, -0.1) is 10.2 Å². The summed E-state index contributed by atoms with van der Waals surface area (Å²) in [5.74, 6) is 1.07. The fourth-order valence-electron chi connectivity index (χ4n) is 1.07. The summed E-state index contributed by atoms with van der Waals surface area (Å²) in [6, 6.07) is 0. The first-order chi connectivity index (χ1) is 4.36. The van der Waals surface area contributed by atoms with E-state index in [1.165, 1.54) is 0 Å². The summed E-state index contributed by atoms with van der Waals surface area (Å²) >= 11 is 0. The lowest BCUT2D eigenvalue weighted by Gasteiger charge is -2.02. The molecular formula is C5H8N4. The zero-order chi connectivity index (χ0) is 6.27. The first-order valence-electron chi connectivity index (χ1n) is 2.91. The maximum Gasteiger partial charge on any atom is 0.148 e. The molecule has 2 rings (SSSR count). The van der Waals surface area contributed by atoms with E-state index in [1.54, 1.807) is 6.33 Å². The lowest BCUT2D eigenvalue weighted by molar-refractivity contribution is 0.315. The van der Waals surface area contributed by atoms with Gasteiger partial charge in [-0.05, 0) is 7.05 Å². The van der Waals surface area contributed by atoms with E-state index in [1.807, 2.05) is 4.57 Å². The quantitative estimate of drug-likeness (QED) is 0.475. The van der Waals surface area contributed by atoms with Crippen LogP contribution in [0.15, 0.2) is 6.33 Å². The van der Waals surface area contributed by atoms with Gasteiger partial charge in [0, 0.05) is 0 Å². The van der Waals surface area contributed by atoms with Crippen molar-refractivity contribution in [2.24, 2.45) is 0 Å². The van der Waals surface area contributed by atoms with Crippen LogP contribution in [0.5, 0.6) is 0 Å². The van der Waals surface area contributed by atoms with Crippen molar-refractivity contribution in [1.82, 2.24) is 19.7 Å². The summed E-state index contributed by atoms with van der Waals surface area (Å²) in [5, 5.41) is 7.68. The third-order valence-electron chi connectivity index (χ3n) is 1.50. The van der Waals surface area contributed by atoms with Crippen LogP contribution in [0.4, 0.5) is 0 Å². The van der Waals surface area contributed by atoms with E-state index < -0.39 is 0 Å². The Morgan fingerprint density at radius 3 is 3.33 bits per heavy atom. The number of aromatic nitrogens is 3. The molecule has 0 atom stereocenters. The van der Waals surface area contributed by atoms with Crippen molar-refractivity contribution < 1.29 is 0 Å². The second kappa shape index (κ2) is 1.54. The van der Waals surface area contributed by atoms with Gasteiger partial charge in [-0.3, -0.25) is 4.90 Å². The van der Waals surface area contributed by atoms with Gasteiger partial charge >= 0.3 is 0 Å². The average Bonchev–Trinajstić information content (AvgIpc) is 2.22. The van der Waals surface area contributed by atoms with Gasteiger partial charge in [-0.1, -0.05) is 0 Å². The van der Waals surface area contributed by atoms with Crippen LogP contribution in [-0.4, -0.2) is 26.7 Å². The first kappa shape index (κ1) is 4.93. The Bertz CT molecular complexity index is 196. The molecule has 4 heteroatoms. The molecule has 0 radical (unpaired) electrons. The van der Waals surface area contributed by atoms with Gasteiger partial charge in [0.25, 0.3) is 0 Å². The lowest BCUT2D eigenvalue weighted by atomic mass is 10.6. The predicted octanol–water partition coefficient (Wildman–Crippen LogP) is -0.319. The standard InChI is InChI=1S/C5H8N4/c1-8-2-5-7-6-3-9(5)4-8/h3H,2,4H2,1H3. The molecule has 48 valence electrons. The number of fused-ring (bicyclic) bond motifs is 1. The summed E-state index contributed by atoms with van der Waals surface area (Å²) in [4.78, 5) is 2.18. The molecule has 9 heavy (non-hydrogen) atoms. The van der Waals surface area contributed by atoms with Crippen molar-refractivity contribution in [3.05, 3.63) is 12.2 Å². The van der Waals surface area contributed by atoms with Gasteiger partial charge in [-0.2, -0.15) is 0 Å². The van der Waals surface area contributed by atoms with E-state index in [0.29, 0.717) is 0 Å². The number of nitrogens with zero attached hydrogens (tertiary/aromatic N) is 4. The minimum atomic E-state index is 0.931. The van der Waals surface area contributed by atoms with Gasteiger partial charge in [0.1, 0.15) is 12.2 Å². The van der Waals surface area contributed by atoms with Gasteiger partial charge in [0.15, 0.2) is 0 Å². The average molecular weight is 124 g/mol. The fraction of sp³-hybridized carbons (Fsp3) is 0.600. The van der Waals surface area contributed by atoms with Crippen LogP contribution in [0, 0.1) is 0 Å². The van der Waals surface area contributed by atoms with Crippen LogP contribution in [-0.2, 0) is 13.2 Å². The minimum Gasteiger partial charge on any atom is -0.303 e. The summed E-state index contributed by atoms with van der Waals surface area (Å²) in [7, 11) is 2.06. The number of hydrogen-bond donors (Lipinski definition) is 0. The molecule has 1 aromatic rings. The van der Waals surface area contributed by atoms with Crippen molar-refractivity contribution in [2.45, 2.75) is 13.2 Å². The predicted molar refractivity (Wildman–Crippen MR) is 31.5 cm³/mol. The molecule has 0 bridgehead atoms. The third kappa shape index (κ3) is 0.632. The van der Waals surface area contributed by atoms with Crippen LogP contribution in [0.25, 0.3) is 0 Å². The van der Waals surface area contributed by atoms with Crippen LogP contribution in [0.1, 0.15) is 5.82 Å². The molecule has 0 N–H and O–H groups in total. The summed E-state index contributed by atoms with van der Waals surface area (Å²) < 4.78 is 2.04. The van der Waals surface area contributed by atoms with Crippen LogP contribution in [0.3, 0.4) is 0 Å². The maximum absolute atomic E-state index is 3.92. The van der Waals surface area contributed by atoms with Crippen LogP contribution >= 0.6 is 0 Å². The Labute approximate surface area is 53.1 Å². The number of rotatable bonds is 0. The summed E-state index contributed by atoms with van der Waals surface area (Å²) in [5.41, 5.74) is 0. The summed E-state index contributed by atoms with van der Waals surface area (Å²) in [6.07, 6.45) is 1.76. The molecule has 0 spiro atoms. The smallest absolute Gasteiger partial charge is 0.148 e. The molecule has 0 saturated heterocycles. The fourth-order valence-corrected chi connectivity index (χ4v) is 1.07. The van der Waals surface area contributed by atoms with Crippen molar-refractivity contribution in [1.29, 1.82) is 0 Å². The third-order valence-corrected chi connectivity index (χ3v) is 1.50. The van der Waals surface area contributed by atoms with E-state index in [0.717, 1.165) is 19.0 Å². The molecule has 4 nitrogen and oxygen atoms in total. The molecule has 1 aliphatic heterocycles. The molecule has 0 aliphatic carbocycles. The number of hydrogen-bond acceptors (Lipinski definition) is 3. The Morgan fingerprint density at radius 2 is 2.56 bits per heavy atom.